The van der Waals surface area contributed by atoms with Crippen LogP contribution >= 0.6 is 11.8 Å². The molecule has 0 fully saturated rings. The zero-order valence-electron chi connectivity index (χ0n) is 8.54. The van der Waals surface area contributed by atoms with E-state index in [1.54, 1.807) is 11.8 Å². The minimum Gasteiger partial charge on any atom is -0.394 e. The summed E-state index contributed by atoms with van der Waals surface area (Å²) in [7, 11) is 0. The Morgan fingerprint density at radius 1 is 1.54 bits per heavy atom. The quantitative estimate of drug-likeness (QED) is 0.676. The first-order valence-electron chi connectivity index (χ1n) is 4.51. The summed E-state index contributed by atoms with van der Waals surface area (Å²) in [6.07, 6.45) is 2.50. The number of nitrogens with one attached hydrogen (secondary N) is 1. The van der Waals surface area contributed by atoms with Crippen molar-refractivity contribution in [3.8, 4) is 0 Å². The molecule has 0 aliphatic carbocycles. The highest BCUT2D eigenvalue weighted by Gasteiger charge is 2.14. The van der Waals surface area contributed by atoms with Gasteiger partial charge >= 0.3 is 0 Å². The smallest absolute Gasteiger partial charge is 0.221 e. The third-order valence-corrected chi connectivity index (χ3v) is 2.49. The van der Waals surface area contributed by atoms with Crippen LogP contribution in [0.1, 0.15) is 20.3 Å². The van der Waals surface area contributed by atoms with Gasteiger partial charge in [-0.3, -0.25) is 4.79 Å². The number of aliphatic hydroxyl groups excluding tert-OH is 1. The third-order valence-electron chi connectivity index (χ3n) is 1.88. The molecular formula is C9H19NO2S. The highest BCUT2D eigenvalue weighted by molar-refractivity contribution is 7.98. The molecule has 4 heteroatoms. The molecule has 1 unspecified atom stereocenters. The molecule has 0 bridgehead atoms. The first-order valence-corrected chi connectivity index (χ1v) is 5.90. The second kappa shape index (κ2) is 7.21. The molecule has 13 heavy (non-hydrogen) atoms. The Balaban J connectivity index is 3.73. The average molecular weight is 205 g/mol. The molecule has 0 aromatic rings. The normalized spacial score (nSPS) is 13.0. The molecule has 0 aromatic carbocycles. The molecule has 0 saturated heterocycles. The molecule has 3 nitrogen and oxygen atoms in total. The molecule has 1 atom stereocenters. The maximum absolute atomic E-state index is 11.2. The summed E-state index contributed by atoms with van der Waals surface area (Å²) in [5.41, 5.74) is 0. The number of hydrogen-bond acceptors (Lipinski definition) is 3. The van der Waals surface area contributed by atoms with Gasteiger partial charge in [0, 0.05) is 12.2 Å². The monoisotopic (exact) mass is 205 g/mol. The molecular weight excluding hydrogens is 186 g/mol. The van der Waals surface area contributed by atoms with Crippen molar-refractivity contribution >= 4 is 17.7 Å². The molecule has 0 rings (SSSR count). The zero-order chi connectivity index (χ0) is 10.3. The van der Waals surface area contributed by atoms with E-state index < -0.39 is 0 Å². The van der Waals surface area contributed by atoms with Crippen LogP contribution in [0.4, 0.5) is 0 Å². The molecule has 0 radical (unpaired) electrons. The van der Waals surface area contributed by atoms with Crippen LogP contribution in [0.3, 0.4) is 0 Å². The summed E-state index contributed by atoms with van der Waals surface area (Å²) in [5.74, 6) is 1.15. The molecule has 0 aliphatic heterocycles. The summed E-state index contributed by atoms with van der Waals surface area (Å²) < 4.78 is 0. The lowest BCUT2D eigenvalue weighted by molar-refractivity contribution is -0.122. The van der Waals surface area contributed by atoms with Crippen molar-refractivity contribution in [1.29, 1.82) is 0 Å². The van der Waals surface area contributed by atoms with Crippen molar-refractivity contribution in [3.63, 3.8) is 0 Å². The lowest BCUT2D eigenvalue weighted by Crippen LogP contribution is -2.41. The summed E-state index contributed by atoms with van der Waals surface area (Å²) in [6.45, 7) is 3.98. The fourth-order valence-corrected chi connectivity index (χ4v) is 1.29. The Kier molecular flexibility index (Phi) is 7.09. The van der Waals surface area contributed by atoms with Crippen LogP contribution in [0, 0.1) is 5.92 Å². The lowest BCUT2D eigenvalue weighted by Gasteiger charge is -2.19. The van der Waals surface area contributed by atoms with E-state index in [1.165, 1.54) is 0 Å². The molecule has 0 aromatic heterocycles. The van der Waals surface area contributed by atoms with Crippen molar-refractivity contribution in [1.82, 2.24) is 5.32 Å². The summed E-state index contributed by atoms with van der Waals surface area (Å²) in [5, 5.41) is 11.7. The standard InChI is InChI=1S/C9H19NO2S/c1-7(2)8(6-11)10-9(12)4-5-13-3/h7-8,11H,4-6H2,1-3H3,(H,10,12). The van der Waals surface area contributed by atoms with E-state index in [0.29, 0.717) is 6.42 Å². The van der Waals surface area contributed by atoms with Crippen molar-refractivity contribution in [2.24, 2.45) is 5.92 Å². The second-order valence-electron chi connectivity index (χ2n) is 3.34. The fourth-order valence-electron chi connectivity index (χ4n) is 0.897. The maximum Gasteiger partial charge on any atom is 0.221 e. The Morgan fingerprint density at radius 3 is 2.54 bits per heavy atom. The van der Waals surface area contributed by atoms with Crippen LogP contribution in [0.25, 0.3) is 0 Å². The van der Waals surface area contributed by atoms with Crippen LogP contribution in [-0.2, 0) is 4.79 Å². The highest BCUT2D eigenvalue weighted by atomic mass is 32.2. The molecule has 0 heterocycles. The maximum atomic E-state index is 11.2. The molecule has 2 N–H and O–H groups in total. The molecule has 0 aliphatic rings. The third kappa shape index (κ3) is 5.93. The van der Waals surface area contributed by atoms with Crippen molar-refractivity contribution in [3.05, 3.63) is 0 Å². The SMILES string of the molecule is CSCCC(=O)NC(CO)C(C)C. The Hall–Kier alpha value is -0.220. The van der Waals surface area contributed by atoms with Crippen molar-refractivity contribution in [2.75, 3.05) is 18.6 Å². The number of hydrogen-bond donors (Lipinski definition) is 2. The Bertz CT molecular complexity index is 151. The highest BCUT2D eigenvalue weighted by Crippen LogP contribution is 2.02. The Morgan fingerprint density at radius 2 is 2.15 bits per heavy atom. The average Bonchev–Trinajstić information content (AvgIpc) is 2.10. The van der Waals surface area contributed by atoms with Crippen LogP contribution in [0.5, 0.6) is 0 Å². The predicted molar refractivity (Wildman–Crippen MR) is 56.9 cm³/mol. The first kappa shape index (κ1) is 12.8. The number of amides is 1. The van der Waals surface area contributed by atoms with Crippen LogP contribution in [0.2, 0.25) is 0 Å². The van der Waals surface area contributed by atoms with Crippen molar-refractivity contribution in [2.45, 2.75) is 26.3 Å². The van der Waals surface area contributed by atoms with Gasteiger partial charge in [0.15, 0.2) is 0 Å². The second-order valence-corrected chi connectivity index (χ2v) is 4.33. The van der Waals surface area contributed by atoms with E-state index in [9.17, 15) is 4.79 Å². The number of thioether (sulfide) groups is 1. The van der Waals surface area contributed by atoms with Gasteiger partial charge < -0.3 is 10.4 Å². The van der Waals surface area contributed by atoms with Crippen LogP contribution in [-0.4, -0.2) is 35.7 Å². The number of aliphatic hydroxyl groups is 1. The van der Waals surface area contributed by atoms with E-state index >= 15 is 0 Å². The molecule has 78 valence electrons. The summed E-state index contributed by atoms with van der Waals surface area (Å²) in [6, 6.07) is -0.102. The van der Waals surface area contributed by atoms with Crippen LogP contribution in [0.15, 0.2) is 0 Å². The van der Waals surface area contributed by atoms with Crippen LogP contribution < -0.4 is 5.32 Å². The number of rotatable bonds is 6. The first-order chi connectivity index (χ1) is 6.11. The largest absolute Gasteiger partial charge is 0.394 e. The molecule has 0 saturated carbocycles. The summed E-state index contributed by atoms with van der Waals surface area (Å²) >= 11 is 1.65. The minimum absolute atomic E-state index is 0.0165. The van der Waals surface area contributed by atoms with E-state index in [-0.39, 0.29) is 24.5 Å². The predicted octanol–water partition coefficient (Wildman–Crippen LogP) is 0.873. The molecule has 1 amide bonds. The topological polar surface area (TPSA) is 49.3 Å². The van der Waals surface area contributed by atoms with Gasteiger partial charge in [-0.1, -0.05) is 13.8 Å². The van der Waals surface area contributed by atoms with Crippen molar-refractivity contribution < 1.29 is 9.90 Å². The van der Waals surface area contributed by atoms with Gasteiger partial charge in [-0.05, 0) is 12.2 Å². The van der Waals surface area contributed by atoms with Gasteiger partial charge in [-0.25, -0.2) is 0 Å². The van der Waals surface area contributed by atoms with Gasteiger partial charge in [-0.15, -0.1) is 0 Å². The van der Waals surface area contributed by atoms with Gasteiger partial charge in [0.2, 0.25) is 5.91 Å². The van der Waals surface area contributed by atoms with Gasteiger partial charge in [-0.2, -0.15) is 11.8 Å². The van der Waals surface area contributed by atoms with E-state index in [1.807, 2.05) is 20.1 Å². The summed E-state index contributed by atoms with van der Waals surface area (Å²) in [4.78, 5) is 11.2. The lowest BCUT2D eigenvalue weighted by atomic mass is 10.1. The van der Waals surface area contributed by atoms with Gasteiger partial charge in [0.25, 0.3) is 0 Å². The molecule has 0 spiro atoms. The minimum atomic E-state index is -0.102. The van der Waals surface area contributed by atoms with Gasteiger partial charge in [0.05, 0.1) is 12.6 Å². The fraction of sp³-hybridized carbons (Fsp3) is 0.889. The van der Waals surface area contributed by atoms with E-state index in [0.717, 1.165) is 5.75 Å². The van der Waals surface area contributed by atoms with E-state index in [2.05, 4.69) is 5.32 Å². The van der Waals surface area contributed by atoms with Gasteiger partial charge in [0.1, 0.15) is 0 Å². The number of carbonyl (C=O) groups is 1. The Labute approximate surface area is 84.3 Å². The van der Waals surface area contributed by atoms with E-state index in [4.69, 9.17) is 5.11 Å². The number of carbonyl (C=O) groups excluding carboxylic acids is 1. The zero-order valence-corrected chi connectivity index (χ0v) is 9.36.